The van der Waals surface area contributed by atoms with E-state index in [1.54, 1.807) is 0 Å². The maximum Gasteiger partial charge on any atom is 0.423 e. The van der Waals surface area contributed by atoms with Crippen LogP contribution in [-0.4, -0.2) is 41.6 Å². The highest BCUT2D eigenvalue weighted by Gasteiger charge is 2.38. The number of anilines is 1. The highest BCUT2D eigenvalue weighted by Crippen LogP contribution is 2.38. The Kier molecular flexibility index (Phi) is 13.6. The van der Waals surface area contributed by atoms with Gasteiger partial charge in [0, 0.05) is 24.2 Å². The van der Waals surface area contributed by atoms with Crippen molar-refractivity contribution in [2.24, 2.45) is 5.92 Å². The zero-order chi connectivity index (χ0) is 31.4. The molecule has 1 aromatic rings. The molecule has 1 saturated carbocycles. The number of nitro groups is 1. The molecule has 0 radical (unpaired) electrons. The molecule has 6 nitrogen and oxygen atoms in total. The van der Waals surface area contributed by atoms with Gasteiger partial charge in [-0.05, 0) is 120 Å². The van der Waals surface area contributed by atoms with Crippen LogP contribution in [0.15, 0.2) is 53.3 Å². The Morgan fingerprint density at radius 2 is 1.77 bits per heavy atom. The van der Waals surface area contributed by atoms with E-state index < -0.39 is 22.4 Å². The van der Waals surface area contributed by atoms with E-state index in [9.17, 15) is 23.3 Å². The van der Waals surface area contributed by atoms with Crippen LogP contribution < -0.4 is 5.32 Å². The van der Waals surface area contributed by atoms with Crippen molar-refractivity contribution in [2.45, 2.75) is 117 Å². The number of nitrogens with zero attached hydrogens (tertiary/aromatic N) is 2. The topological polar surface area (TPSA) is 67.6 Å². The van der Waals surface area contributed by atoms with Gasteiger partial charge in [-0.1, -0.05) is 38.5 Å². The molecule has 0 aliphatic heterocycles. The summed E-state index contributed by atoms with van der Waals surface area (Å²) in [4.78, 5) is 12.6. The van der Waals surface area contributed by atoms with Gasteiger partial charge in [0.1, 0.15) is 5.56 Å². The molecule has 0 amide bonds. The molecule has 1 fully saturated rings. The Morgan fingerprint density at radius 1 is 1.07 bits per heavy atom. The lowest BCUT2D eigenvalue weighted by atomic mass is 9.92. The molecule has 240 valence electrons. The van der Waals surface area contributed by atoms with Gasteiger partial charge in [-0.3, -0.25) is 10.1 Å². The van der Waals surface area contributed by atoms with Crippen molar-refractivity contribution in [1.29, 1.82) is 0 Å². The molecule has 1 unspecified atom stereocenters. The summed E-state index contributed by atoms with van der Waals surface area (Å²) in [6.07, 6.45) is 12.6. The molecule has 3 rings (SSSR count). The lowest BCUT2D eigenvalue weighted by Gasteiger charge is -2.31. The van der Waals surface area contributed by atoms with Crippen molar-refractivity contribution in [3.05, 3.63) is 69.0 Å². The molecule has 1 atom stereocenters. The van der Waals surface area contributed by atoms with E-state index in [-0.39, 0.29) is 17.8 Å². The third-order valence-corrected chi connectivity index (χ3v) is 8.66. The first-order chi connectivity index (χ1) is 20.5. The second-order valence-electron chi connectivity index (χ2n) is 12.3. The summed E-state index contributed by atoms with van der Waals surface area (Å²) in [6.45, 7) is 12.7. The van der Waals surface area contributed by atoms with Crippen LogP contribution in [0.2, 0.25) is 0 Å². The van der Waals surface area contributed by atoms with Gasteiger partial charge in [0.05, 0.1) is 16.8 Å². The summed E-state index contributed by atoms with van der Waals surface area (Å²) in [5, 5.41) is 14.2. The molecule has 43 heavy (non-hydrogen) atoms. The third-order valence-electron chi connectivity index (χ3n) is 8.66. The van der Waals surface area contributed by atoms with E-state index >= 15 is 0 Å². The molecule has 0 bridgehead atoms. The minimum atomic E-state index is -4.79. The minimum absolute atomic E-state index is 0.00918. The van der Waals surface area contributed by atoms with Crippen LogP contribution in [-0.2, 0) is 10.9 Å². The monoisotopic (exact) mass is 605 g/mol. The average Bonchev–Trinajstić information content (AvgIpc) is 2.95. The lowest BCUT2D eigenvalue weighted by molar-refractivity contribution is -0.388. The van der Waals surface area contributed by atoms with Crippen molar-refractivity contribution in [1.82, 2.24) is 4.90 Å². The van der Waals surface area contributed by atoms with Gasteiger partial charge in [0.2, 0.25) is 0 Å². The first-order valence-electron chi connectivity index (χ1n) is 16.1. The number of benzene rings is 1. The summed E-state index contributed by atoms with van der Waals surface area (Å²) < 4.78 is 46.4. The quantitative estimate of drug-likeness (QED) is 0.159. The van der Waals surface area contributed by atoms with Crippen LogP contribution in [0.1, 0.15) is 104 Å². The van der Waals surface area contributed by atoms with Gasteiger partial charge < -0.3 is 15.0 Å². The van der Waals surface area contributed by atoms with E-state index in [1.807, 2.05) is 0 Å². The van der Waals surface area contributed by atoms with E-state index in [0.29, 0.717) is 5.92 Å². The standard InChI is InChI=1S/C34H50F3N3O3/c1-5-21-39(22-6-2)23-20-25(3)10-12-27-8-7-9-30(16-11-26(27)4)43-31-17-13-28(14-18-31)38-29-15-19-33(40(41)42)32(24-29)34(35,36)37/h7-9,15,19,24-25,28,31,38H,5-6,10-14,16-18,20-23H2,1-4H3/b8-7?,27-26?,30-9-. The minimum Gasteiger partial charge on any atom is -0.495 e. The summed E-state index contributed by atoms with van der Waals surface area (Å²) >= 11 is 0. The Morgan fingerprint density at radius 3 is 2.40 bits per heavy atom. The Balaban J connectivity index is 1.45. The van der Waals surface area contributed by atoms with Crippen LogP contribution in [0.4, 0.5) is 24.5 Å². The van der Waals surface area contributed by atoms with E-state index in [2.05, 4.69) is 56.1 Å². The van der Waals surface area contributed by atoms with Crippen LogP contribution in [0.25, 0.3) is 0 Å². The fraction of sp³-hybridized carbons (Fsp3) is 0.647. The molecule has 1 aromatic carbocycles. The molecule has 1 N–H and O–H groups in total. The van der Waals surface area contributed by atoms with E-state index in [4.69, 9.17) is 4.74 Å². The van der Waals surface area contributed by atoms with Crippen molar-refractivity contribution in [3.63, 3.8) is 0 Å². The number of hydrogen-bond donors (Lipinski definition) is 1. The van der Waals surface area contributed by atoms with Gasteiger partial charge in [0.15, 0.2) is 0 Å². The van der Waals surface area contributed by atoms with Gasteiger partial charge in [-0.25, -0.2) is 0 Å². The highest BCUT2D eigenvalue weighted by atomic mass is 19.4. The smallest absolute Gasteiger partial charge is 0.423 e. The number of alkyl halides is 3. The van der Waals surface area contributed by atoms with Crippen molar-refractivity contribution in [3.8, 4) is 0 Å². The van der Waals surface area contributed by atoms with Crippen LogP contribution in [0.3, 0.4) is 0 Å². The molecule has 0 aromatic heterocycles. The number of rotatable bonds is 15. The van der Waals surface area contributed by atoms with Crippen LogP contribution in [0, 0.1) is 16.0 Å². The second kappa shape index (κ2) is 16.9. The third kappa shape index (κ3) is 11.3. The SMILES string of the molecule is CCCN(CCC)CCC(C)CCC1=C(C)CC/C(OC2CCC(Nc3ccc([N+](=O)[O-])c(C(F)(F)F)c3)CC2)=C/C=C1. The van der Waals surface area contributed by atoms with Crippen molar-refractivity contribution in [2.75, 3.05) is 25.0 Å². The van der Waals surface area contributed by atoms with Crippen LogP contribution in [0.5, 0.6) is 0 Å². The maximum absolute atomic E-state index is 13.3. The molecule has 0 heterocycles. The molecule has 2 aliphatic carbocycles. The molecular weight excluding hydrogens is 555 g/mol. The van der Waals surface area contributed by atoms with Crippen molar-refractivity contribution >= 4 is 11.4 Å². The normalized spacial score (nSPS) is 21.6. The lowest BCUT2D eigenvalue weighted by Crippen LogP contribution is -2.29. The number of nitro benzene ring substituents is 1. The number of allylic oxidation sites excluding steroid dienone is 6. The van der Waals surface area contributed by atoms with Gasteiger partial charge in [-0.15, -0.1) is 0 Å². The summed E-state index contributed by atoms with van der Waals surface area (Å²) in [6, 6.07) is 3.10. The van der Waals surface area contributed by atoms with Gasteiger partial charge >= 0.3 is 6.18 Å². The number of nitrogens with one attached hydrogen (secondary N) is 1. The van der Waals surface area contributed by atoms with Crippen molar-refractivity contribution < 1.29 is 22.8 Å². The molecule has 2 aliphatic rings. The number of ether oxygens (including phenoxy) is 1. The first kappa shape index (κ1) is 34.7. The molecular formula is C34H50F3N3O3. The van der Waals surface area contributed by atoms with Gasteiger partial charge in [-0.2, -0.15) is 13.2 Å². The fourth-order valence-electron chi connectivity index (χ4n) is 6.07. The zero-order valence-corrected chi connectivity index (χ0v) is 26.3. The second-order valence-corrected chi connectivity index (χ2v) is 12.3. The van der Waals surface area contributed by atoms with E-state index in [1.165, 1.54) is 62.5 Å². The fourth-order valence-corrected chi connectivity index (χ4v) is 6.07. The number of hydrogen-bond acceptors (Lipinski definition) is 5. The predicted molar refractivity (Wildman–Crippen MR) is 168 cm³/mol. The van der Waals surface area contributed by atoms with E-state index in [0.717, 1.165) is 62.8 Å². The Hall–Kier alpha value is -2.81. The Labute approximate surface area is 255 Å². The summed E-state index contributed by atoms with van der Waals surface area (Å²) in [5.41, 5.74) is 0.947. The maximum atomic E-state index is 13.3. The molecule has 9 heteroatoms. The average molecular weight is 606 g/mol. The zero-order valence-electron chi connectivity index (χ0n) is 26.3. The molecule has 0 saturated heterocycles. The van der Waals surface area contributed by atoms with Gasteiger partial charge in [0.25, 0.3) is 5.69 Å². The predicted octanol–water partition coefficient (Wildman–Crippen LogP) is 9.83. The Bertz CT molecular complexity index is 1130. The van der Waals surface area contributed by atoms with Crippen LogP contribution >= 0.6 is 0 Å². The largest absolute Gasteiger partial charge is 0.495 e. The highest BCUT2D eigenvalue weighted by molar-refractivity contribution is 5.55. The number of halogens is 3. The first-order valence-corrected chi connectivity index (χ1v) is 16.1. The summed E-state index contributed by atoms with van der Waals surface area (Å²) in [7, 11) is 0. The summed E-state index contributed by atoms with van der Waals surface area (Å²) in [5.74, 6) is 1.68. The molecule has 0 spiro atoms.